The fraction of sp³-hybridized carbons (Fsp3) is 0.424. The molecule has 0 bridgehead atoms. The number of hydrogen-bond donors (Lipinski definition) is 3. The molecule has 4 rings (SSSR count). The van der Waals surface area contributed by atoms with Gasteiger partial charge in [-0.1, -0.05) is 48.9 Å². The molecular formula is C33H40O6. The molecule has 0 unspecified atom stereocenters. The van der Waals surface area contributed by atoms with Crippen LogP contribution in [0.4, 0.5) is 0 Å². The summed E-state index contributed by atoms with van der Waals surface area (Å²) in [7, 11) is 1.49. The molecule has 0 heterocycles. The highest BCUT2D eigenvalue weighted by atomic mass is 16.5. The quantitative estimate of drug-likeness (QED) is 0.244. The van der Waals surface area contributed by atoms with E-state index in [-0.39, 0.29) is 35.7 Å². The Hall–Kier alpha value is -3.51. The van der Waals surface area contributed by atoms with E-state index >= 15 is 0 Å². The van der Waals surface area contributed by atoms with Gasteiger partial charge in [-0.3, -0.25) is 4.79 Å². The largest absolute Gasteiger partial charge is 0.504 e. The number of benzene rings is 3. The second-order valence-corrected chi connectivity index (χ2v) is 10.7. The monoisotopic (exact) mass is 532 g/mol. The number of ketones is 1. The Morgan fingerprint density at radius 1 is 0.846 bits per heavy atom. The van der Waals surface area contributed by atoms with Gasteiger partial charge in [0, 0.05) is 12.8 Å². The van der Waals surface area contributed by atoms with Crippen LogP contribution in [-0.2, 0) is 24.1 Å². The van der Waals surface area contributed by atoms with Gasteiger partial charge in [0.15, 0.2) is 23.0 Å². The lowest BCUT2D eigenvalue weighted by Crippen LogP contribution is -2.27. The van der Waals surface area contributed by atoms with Crippen molar-refractivity contribution in [3.8, 4) is 23.0 Å². The maximum absolute atomic E-state index is 12.9. The van der Waals surface area contributed by atoms with Crippen molar-refractivity contribution < 1.29 is 29.6 Å². The molecule has 1 fully saturated rings. The number of aromatic hydroxyl groups is 2. The van der Waals surface area contributed by atoms with Crippen molar-refractivity contribution >= 4 is 5.78 Å². The summed E-state index contributed by atoms with van der Waals surface area (Å²) in [5.74, 6) is 0.868. The van der Waals surface area contributed by atoms with Crippen LogP contribution in [0, 0.1) is 5.92 Å². The van der Waals surface area contributed by atoms with E-state index in [2.05, 4.69) is 0 Å². The highest BCUT2D eigenvalue weighted by molar-refractivity contribution is 5.79. The fourth-order valence-electron chi connectivity index (χ4n) is 5.37. The van der Waals surface area contributed by atoms with Crippen LogP contribution in [0.3, 0.4) is 0 Å². The Morgan fingerprint density at radius 3 is 2.21 bits per heavy atom. The minimum absolute atomic E-state index is 0.0142. The van der Waals surface area contributed by atoms with Gasteiger partial charge in [0.05, 0.1) is 19.3 Å². The molecule has 0 amide bonds. The molecule has 39 heavy (non-hydrogen) atoms. The zero-order chi connectivity index (χ0) is 27.6. The number of aliphatic hydroxyl groups excluding tert-OH is 1. The molecule has 0 spiro atoms. The topological polar surface area (TPSA) is 96.2 Å². The van der Waals surface area contributed by atoms with Gasteiger partial charge in [-0.05, 0) is 91.8 Å². The predicted molar refractivity (Wildman–Crippen MR) is 152 cm³/mol. The van der Waals surface area contributed by atoms with E-state index in [1.54, 1.807) is 24.3 Å². The molecule has 1 saturated carbocycles. The van der Waals surface area contributed by atoms with Crippen LogP contribution < -0.4 is 9.47 Å². The van der Waals surface area contributed by atoms with E-state index in [0.29, 0.717) is 37.2 Å². The van der Waals surface area contributed by atoms with E-state index < -0.39 is 6.10 Å². The summed E-state index contributed by atoms with van der Waals surface area (Å²) in [5.41, 5.74) is 2.95. The van der Waals surface area contributed by atoms with Crippen LogP contribution in [0.5, 0.6) is 23.0 Å². The second kappa shape index (κ2) is 14.0. The first-order valence-electron chi connectivity index (χ1n) is 14.0. The first kappa shape index (κ1) is 28.5. The molecule has 0 aromatic heterocycles. The molecule has 3 aromatic carbocycles. The summed E-state index contributed by atoms with van der Waals surface area (Å²) in [5, 5.41) is 31.5. The van der Waals surface area contributed by atoms with Gasteiger partial charge < -0.3 is 24.8 Å². The lowest BCUT2D eigenvalue weighted by molar-refractivity contribution is -0.121. The van der Waals surface area contributed by atoms with Gasteiger partial charge in [0.25, 0.3) is 0 Å². The maximum atomic E-state index is 12.9. The molecule has 1 aliphatic carbocycles. The molecule has 3 aromatic rings. The maximum Gasteiger partial charge on any atom is 0.161 e. The van der Waals surface area contributed by atoms with Gasteiger partial charge in [-0.2, -0.15) is 0 Å². The van der Waals surface area contributed by atoms with Crippen molar-refractivity contribution in [1.29, 1.82) is 0 Å². The number of methoxy groups -OCH3 is 1. The Morgan fingerprint density at radius 2 is 1.49 bits per heavy atom. The third-order valence-electron chi connectivity index (χ3n) is 7.63. The van der Waals surface area contributed by atoms with Gasteiger partial charge in [-0.25, -0.2) is 0 Å². The van der Waals surface area contributed by atoms with E-state index in [0.717, 1.165) is 42.4 Å². The third kappa shape index (κ3) is 8.49. The summed E-state index contributed by atoms with van der Waals surface area (Å²) >= 11 is 0. The van der Waals surface area contributed by atoms with Crippen LogP contribution in [0.25, 0.3) is 0 Å². The Balaban J connectivity index is 1.42. The Labute approximate surface area is 231 Å². The minimum atomic E-state index is -0.816. The summed E-state index contributed by atoms with van der Waals surface area (Å²) < 4.78 is 11.3. The molecule has 6 heteroatoms. The van der Waals surface area contributed by atoms with Crippen molar-refractivity contribution in [3.63, 3.8) is 0 Å². The number of carbonyl (C=O) groups is 1. The SMILES string of the molecule is COc1cc(CCC(=O)C[C@@H](O)[C@H](Cc2ccccc2)Cc2ccc(O)c(OC3CCCCC3)c2)ccc1O. The van der Waals surface area contributed by atoms with Crippen molar-refractivity contribution in [2.24, 2.45) is 5.92 Å². The van der Waals surface area contributed by atoms with Crippen molar-refractivity contribution in [2.75, 3.05) is 7.11 Å². The number of Topliss-reactive ketones (excluding diaryl/α,β-unsaturated/α-hetero) is 1. The third-order valence-corrected chi connectivity index (χ3v) is 7.63. The fourth-order valence-corrected chi connectivity index (χ4v) is 5.37. The number of aryl methyl sites for hydroxylation is 1. The van der Waals surface area contributed by atoms with E-state index in [9.17, 15) is 20.1 Å². The molecule has 2 atom stereocenters. The van der Waals surface area contributed by atoms with Gasteiger partial charge in [0.2, 0.25) is 0 Å². The first-order valence-corrected chi connectivity index (χ1v) is 14.0. The smallest absolute Gasteiger partial charge is 0.161 e. The number of hydrogen-bond acceptors (Lipinski definition) is 6. The number of carbonyl (C=O) groups excluding carboxylic acids is 1. The van der Waals surface area contributed by atoms with Crippen molar-refractivity contribution in [1.82, 2.24) is 0 Å². The highest BCUT2D eigenvalue weighted by Gasteiger charge is 2.24. The van der Waals surface area contributed by atoms with Gasteiger partial charge in [0.1, 0.15) is 5.78 Å². The zero-order valence-corrected chi connectivity index (χ0v) is 22.7. The zero-order valence-electron chi connectivity index (χ0n) is 22.7. The second-order valence-electron chi connectivity index (χ2n) is 10.7. The average Bonchev–Trinajstić information content (AvgIpc) is 2.95. The van der Waals surface area contributed by atoms with Crippen LogP contribution in [0.2, 0.25) is 0 Å². The Bertz CT molecular complexity index is 1200. The normalized spacial score (nSPS) is 15.4. The molecule has 0 radical (unpaired) electrons. The highest BCUT2D eigenvalue weighted by Crippen LogP contribution is 2.33. The molecule has 1 aliphatic rings. The number of rotatable bonds is 13. The van der Waals surface area contributed by atoms with Crippen LogP contribution >= 0.6 is 0 Å². The molecule has 0 aliphatic heterocycles. The van der Waals surface area contributed by atoms with Crippen LogP contribution in [0.15, 0.2) is 66.7 Å². The van der Waals surface area contributed by atoms with Crippen molar-refractivity contribution in [2.45, 2.75) is 76.4 Å². The van der Waals surface area contributed by atoms with Crippen LogP contribution in [0.1, 0.15) is 61.6 Å². The number of phenols is 2. The van der Waals surface area contributed by atoms with Gasteiger partial charge >= 0.3 is 0 Å². The summed E-state index contributed by atoms with van der Waals surface area (Å²) in [4.78, 5) is 12.9. The number of ether oxygens (including phenoxy) is 2. The summed E-state index contributed by atoms with van der Waals surface area (Å²) in [6.45, 7) is 0. The lowest BCUT2D eigenvalue weighted by atomic mass is 9.85. The lowest BCUT2D eigenvalue weighted by Gasteiger charge is -2.25. The molecule has 6 nitrogen and oxygen atoms in total. The minimum Gasteiger partial charge on any atom is -0.504 e. The molecular weight excluding hydrogens is 492 g/mol. The van der Waals surface area contributed by atoms with E-state index in [4.69, 9.17) is 9.47 Å². The Kier molecular flexibility index (Phi) is 10.3. The molecule has 208 valence electrons. The average molecular weight is 533 g/mol. The predicted octanol–water partition coefficient (Wildman–Crippen LogP) is 6.17. The molecule has 3 N–H and O–H groups in total. The number of aliphatic hydroxyl groups is 1. The van der Waals surface area contributed by atoms with Crippen molar-refractivity contribution in [3.05, 3.63) is 83.4 Å². The van der Waals surface area contributed by atoms with E-state index in [1.165, 1.54) is 13.5 Å². The van der Waals surface area contributed by atoms with Gasteiger partial charge in [-0.15, -0.1) is 0 Å². The van der Waals surface area contributed by atoms with Crippen LogP contribution in [-0.4, -0.2) is 40.4 Å². The summed E-state index contributed by atoms with van der Waals surface area (Å²) in [6, 6.07) is 20.5. The standard InChI is InChI=1S/C33H40O6/c1-38-32-20-24(13-16-29(32)35)12-15-27(34)22-31(37)26(18-23-8-4-2-5-9-23)19-25-14-17-30(36)33(21-25)39-28-10-6-3-7-11-28/h2,4-5,8-9,13-14,16-17,20-21,26,28,31,35-37H,3,6-7,10-12,15,18-19,22H2,1H3/t26-,31-/m1/s1. The van der Waals surface area contributed by atoms with E-state index in [1.807, 2.05) is 42.5 Å². The number of phenolic OH excluding ortho intramolecular Hbond substituents is 2. The molecule has 0 saturated heterocycles. The summed E-state index contributed by atoms with van der Waals surface area (Å²) in [6.07, 6.45) is 6.87. The first-order chi connectivity index (χ1) is 18.9.